The average Bonchev–Trinajstić information content (AvgIpc) is 2.66. The summed E-state index contributed by atoms with van der Waals surface area (Å²) in [6, 6.07) is 9.52. The Hall–Kier alpha value is -2.49. The van der Waals surface area contributed by atoms with Crippen molar-refractivity contribution in [3.8, 4) is 23.0 Å². The molecule has 0 fully saturated rings. The normalized spacial score (nSPS) is 11.2. The zero-order valence-corrected chi connectivity index (χ0v) is 17.9. The van der Waals surface area contributed by atoms with Crippen molar-refractivity contribution >= 4 is 6.29 Å². The van der Waals surface area contributed by atoms with E-state index in [4.69, 9.17) is 14.2 Å². The topological polar surface area (TPSA) is 44.8 Å². The van der Waals surface area contributed by atoms with Crippen LogP contribution in [-0.2, 0) is 5.41 Å². The Morgan fingerprint density at radius 2 is 1.75 bits per heavy atom. The first-order valence-electron chi connectivity index (χ1n) is 9.89. The molecule has 2 aromatic rings. The fourth-order valence-electron chi connectivity index (χ4n) is 3.05. The van der Waals surface area contributed by atoms with Gasteiger partial charge in [0.1, 0.15) is 12.0 Å². The second kappa shape index (κ2) is 9.63. The summed E-state index contributed by atoms with van der Waals surface area (Å²) in [4.78, 5) is 11.4. The molecular weight excluding hydrogens is 352 g/mol. The van der Waals surface area contributed by atoms with Crippen LogP contribution in [0.3, 0.4) is 0 Å². The van der Waals surface area contributed by atoms with E-state index in [9.17, 15) is 4.79 Å². The second-order valence-corrected chi connectivity index (χ2v) is 8.03. The molecule has 0 amide bonds. The van der Waals surface area contributed by atoms with Gasteiger partial charge in [0.2, 0.25) is 5.75 Å². The standard InChI is InChI=1S/C24H32O4/c1-7-8-9-13-27-23-20(26-6)14-18(16-25)15-21(23)28-22-17(2)11-10-12-19(22)24(3,4)5/h10-12,14-16H,7-9,13H2,1-6H3. The Bertz CT molecular complexity index is 803. The van der Waals surface area contributed by atoms with E-state index < -0.39 is 0 Å². The minimum absolute atomic E-state index is 0.0874. The smallest absolute Gasteiger partial charge is 0.204 e. The van der Waals surface area contributed by atoms with Crippen LogP contribution in [0.2, 0.25) is 0 Å². The van der Waals surface area contributed by atoms with E-state index in [1.807, 2.05) is 19.1 Å². The van der Waals surface area contributed by atoms with Crippen LogP contribution < -0.4 is 14.2 Å². The summed E-state index contributed by atoms with van der Waals surface area (Å²) in [5.74, 6) is 2.32. The largest absolute Gasteiger partial charge is 0.493 e. The summed E-state index contributed by atoms with van der Waals surface area (Å²) >= 11 is 0. The van der Waals surface area contributed by atoms with Crippen LogP contribution in [0.1, 0.15) is 68.4 Å². The quantitative estimate of drug-likeness (QED) is 0.367. The number of aryl methyl sites for hydroxylation is 1. The number of rotatable bonds is 9. The molecular formula is C24H32O4. The van der Waals surface area contributed by atoms with E-state index in [1.54, 1.807) is 19.2 Å². The van der Waals surface area contributed by atoms with Crippen LogP contribution >= 0.6 is 0 Å². The lowest BCUT2D eigenvalue weighted by molar-refractivity contribution is 0.112. The highest BCUT2D eigenvalue weighted by atomic mass is 16.5. The van der Waals surface area contributed by atoms with Gasteiger partial charge in [-0.3, -0.25) is 4.79 Å². The minimum Gasteiger partial charge on any atom is -0.493 e. The Labute approximate surface area is 168 Å². The van der Waals surface area contributed by atoms with Gasteiger partial charge in [0.25, 0.3) is 0 Å². The first-order valence-corrected chi connectivity index (χ1v) is 9.89. The summed E-state index contributed by atoms with van der Waals surface area (Å²) < 4.78 is 17.9. The third kappa shape index (κ3) is 5.28. The Morgan fingerprint density at radius 1 is 1.04 bits per heavy atom. The lowest BCUT2D eigenvalue weighted by Gasteiger charge is -2.25. The molecule has 4 heteroatoms. The lowest BCUT2D eigenvalue weighted by Crippen LogP contribution is -2.13. The van der Waals surface area contributed by atoms with Crippen molar-refractivity contribution in [2.24, 2.45) is 0 Å². The summed E-state index contributed by atoms with van der Waals surface area (Å²) in [7, 11) is 1.57. The van der Waals surface area contributed by atoms with Crippen molar-refractivity contribution in [1.29, 1.82) is 0 Å². The molecule has 2 rings (SSSR count). The first kappa shape index (κ1) is 21.8. The molecule has 28 heavy (non-hydrogen) atoms. The molecule has 2 aromatic carbocycles. The van der Waals surface area contributed by atoms with Gasteiger partial charge in [-0.1, -0.05) is 58.7 Å². The zero-order valence-electron chi connectivity index (χ0n) is 17.9. The predicted molar refractivity (Wildman–Crippen MR) is 113 cm³/mol. The number of methoxy groups -OCH3 is 1. The molecule has 0 aliphatic carbocycles. The van der Waals surface area contributed by atoms with Crippen LogP contribution in [0.5, 0.6) is 23.0 Å². The molecule has 0 saturated heterocycles. The molecule has 0 aliphatic rings. The van der Waals surface area contributed by atoms with E-state index in [1.165, 1.54) is 0 Å². The Kier molecular flexibility index (Phi) is 7.50. The average molecular weight is 385 g/mol. The van der Waals surface area contributed by atoms with Crippen molar-refractivity contribution in [1.82, 2.24) is 0 Å². The van der Waals surface area contributed by atoms with E-state index in [2.05, 4.69) is 33.8 Å². The number of hydrogen-bond donors (Lipinski definition) is 0. The van der Waals surface area contributed by atoms with Gasteiger partial charge in [0.05, 0.1) is 13.7 Å². The summed E-state index contributed by atoms with van der Waals surface area (Å²) in [5, 5.41) is 0. The van der Waals surface area contributed by atoms with E-state index >= 15 is 0 Å². The summed E-state index contributed by atoms with van der Waals surface area (Å²) in [6.45, 7) is 11.2. The number of aldehydes is 1. The molecule has 0 spiro atoms. The van der Waals surface area contributed by atoms with Gasteiger partial charge in [-0.2, -0.15) is 0 Å². The third-order valence-electron chi connectivity index (χ3n) is 4.63. The number of benzene rings is 2. The summed E-state index contributed by atoms with van der Waals surface area (Å²) in [5.41, 5.74) is 2.52. The molecule has 0 atom stereocenters. The van der Waals surface area contributed by atoms with Crippen LogP contribution in [0.4, 0.5) is 0 Å². The van der Waals surface area contributed by atoms with Gasteiger partial charge in [-0.25, -0.2) is 0 Å². The van der Waals surface area contributed by atoms with Gasteiger partial charge in [-0.15, -0.1) is 0 Å². The number of hydrogen-bond acceptors (Lipinski definition) is 4. The molecule has 0 bridgehead atoms. The zero-order chi connectivity index (χ0) is 20.7. The SMILES string of the molecule is CCCCCOc1c(OC)cc(C=O)cc1Oc1c(C)cccc1C(C)(C)C. The van der Waals surface area contributed by atoms with E-state index in [-0.39, 0.29) is 5.41 Å². The third-order valence-corrected chi connectivity index (χ3v) is 4.63. The molecule has 0 saturated carbocycles. The Morgan fingerprint density at radius 3 is 2.36 bits per heavy atom. The van der Waals surface area contributed by atoms with Crippen molar-refractivity contribution in [3.05, 3.63) is 47.0 Å². The number of carbonyl (C=O) groups is 1. The highest BCUT2D eigenvalue weighted by Gasteiger charge is 2.23. The molecule has 0 heterocycles. The predicted octanol–water partition coefficient (Wildman–Crippen LogP) is 6.47. The highest BCUT2D eigenvalue weighted by molar-refractivity contribution is 5.78. The van der Waals surface area contributed by atoms with Crippen molar-refractivity contribution < 1.29 is 19.0 Å². The van der Waals surface area contributed by atoms with Crippen molar-refractivity contribution in [3.63, 3.8) is 0 Å². The minimum atomic E-state index is -0.0874. The van der Waals surface area contributed by atoms with E-state index in [0.29, 0.717) is 29.4 Å². The summed E-state index contributed by atoms with van der Waals surface area (Å²) in [6.07, 6.45) is 3.95. The molecule has 0 unspecified atom stereocenters. The van der Waals surface area contributed by atoms with Gasteiger partial charge >= 0.3 is 0 Å². The van der Waals surface area contributed by atoms with Gasteiger partial charge < -0.3 is 14.2 Å². The van der Waals surface area contributed by atoms with Crippen LogP contribution in [0.25, 0.3) is 0 Å². The molecule has 152 valence electrons. The number of unbranched alkanes of at least 4 members (excludes halogenated alkanes) is 2. The molecule has 0 aromatic heterocycles. The monoisotopic (exact) mass is 384 g/mol. The molecule has 0 N–H and O–H groups in total. The van der Waals surface area contributed by atoms with Gasteiger partial charge in [0, 0.05) is 11.1 Å². The fraction of sp³-hybridized carbons (Fsp3) is 0.458. The number of ether oxygens (including phenoxy) is 3. The maximum absolute atomic E-state index is 11.4. The maximum Gasteiger partial charge on any atom is 0.204 e. The highest BCUT2D eigenvalue weighted by Crippen LogP contribution is 2.44. The Balaban J connectivity index is 2.51. The van der Waals surface area contributed by atoms with Crippen LogP contribution in [0, 0.1) is 6.92 Å². The maximum atomic E-state index is 11.4. The van der Waals surface area contributed by atoms with Crippen LogP contribution in [-0.4, -0.2) is 20.0 Å². The van der Waals surface area contributed by atoms with Crippen LogP contribution in [0.15, 0.2) is 30.3 Å². The molecule has 0 radical (unpaired) electrons. The molecule has 4 nitrogen and oxygen atoms in total. The van der Waals surface area contributed by atoms with Crippen molar-refractivity contribution in [2.45, 2.75) is 59.3 Å². The first-order chi connectivity index (χ1) is 13.3. The second-order valence-electron chi connectivity index (χ2n) is 8.03. The van der Waals surface area contributed by atoms with Gasteiger partial charge in [-0.05, 0) is 36.5 Å². The fourth-order valence-corrected chi connectivity index (χ4v) is 3.05. The number of para-hydroxylation sites is 1. The van der Waals surface area contributed by atoms with E-state index in [0.717, 1.165) is 42.4 Å². The number of carbonyl (C=O) groups excluding carboxylic acids is 1. The van der Waals surface area contributed by atoms with Gasteiger partial charge in [0.15, 0.2) is 11.5 Å². The molecule has 0 aliphatic heterocycles. The van der Waals surface area contributed by atoms with Crippen molar-refractivity contribution in [2.75, 3.05) is 13.7 Å². The lowest BCUT2D eigenvalue weighted by atomic mass is 9.85.